The van der Waals surface area contributed by atoms with Gasteiger partial charge >= 0.3 is 0 Å². The highest BCUT2D eigenvalue weighted by atomic mass is 16.3. The van der Waals surface area contributed by atoms with E-state index in [-0.39, 0.29) is 6.61 Å². The molecule has 23 heavy (non-hydrogen) atoms. The average molecular weight is 323 g/mol. The lowest BCUT2D eigenvalue weighted by Crippen LogP contribution is -2.32. The molecule has 0 radical (unpaired) electrons. The van der Waals surface area contributed by atoms with Gasteiger partial charge in [-0.2, -0.15) is 0 Å². The second-order valence-corrected chi connectivity index (χ2v) is 6.70. The van der Waals surface area contributed by atoms with E-state index in [1.54, 1.807) is 0 Å². The second kappa shape index (κ2) is 14.9. The van der Waals surface area contributed by atoms with Crippen molar-refractivity contribution in [2.45, 2.75) is 90.1 Å². The molecule has 0 saturated heterocycles. The average Bonchev–Trinajstić information content (AvgIpc) is 2.99. The zero-order valence-electron chi connectivity index (χ0n) is 15.3. The third kappa shape index (κ3) is 10.7. The monoisotopic (exact) mass is 322 g/mol. The predicted molar refractivity (Wildman–Crippen MR) is 101 cm³/mol. The van der Waals surface area contributed by atoms with Gasteiger partial charge in [-0.15, -0.1) is 0 Å². The molecule has 1 aliphatic heterocycles. The number of rotatable bonds is 15. The minimum absolute atomic E-state index is 0.234. The summed E-state index contributed by atoms with van der Waals surface area (Å²) in [4.78, 5) is 6.75. The van der Waals surface area contributed by atoms with E-state index in [0.717, 1.165) is 25.9 Å². The van der Waals surface area contributed by atoms with Crippen LogP contribution >= 0.6 is 0 Å². The van der Waals surface area contributed by atoms with Crippen molar-refractivity contribution in [2.24, 2.45) is 4.99 Å². The molecule has 0 aromatic rings. The summed E-state index contributed by atoms with van der Waals surface area (Å²) in [6.07, 6.45) is 22.9. The Morgan fingerprint density at radius 1 is 1.00 bits per heavy atom. The molecule has 0 amide bonds. The summed E-state index contributed by atoms with van der Waals surface area (Å²) < 4.78 is 0. The van der Waals surface area contributed by atoms with Gasteiger partial charge < -0.3 is 5.11 Å². The van der Waals surface area contributed by atoms with Gasteiger partial charge in [0.15, 0.2) is 0 Å². The lowest BCUT2D eigenvalue weighted by atomic mass is 10.1. The summed E-state index contributed by atoms with van der Waals surface area (Å²) in [6, 6.07) is 0. The van der Waals surface area contributed by atoms with Crippen LogP contribution in [0.4, 0.5) is 0 Å². The quantitative estimate of drug-likeness (QED) is 0.342. The Balaban J connectivity index is 1.86. The largest absolute Gasteiger partial charge is 0.395 e. The topological polar surface area (TPSA) is 35.8 Å². The third-order valence-corrected chi connectivity index (χ3v) is 4.63. The zero-order valence-corrected chi connectivity index (χ0v) is 15.3. The second-order valence-electron chi connectivity index (χ2n) is 6.70. The number of aliphatic hydroxyl groups is 1. The van der Waals surface area contributed by atoms with Crippen molar-refractivity contribution in [3.8, 4) is 0 Å². The molecule has 3 heteroatoms. The molecule has 1 atom stereocenters. The van der Waals surface area contributed by atoms with Gasteiger partial charge in [-0.25, -0.2) is 0 Å². The molecule has 3 nitrogen and oxygen atoms in total. The molecule has 1 heterocycles. The van der Waals surface area contributed by atoms with Crippen molar-refractivity contribution in [2.75, 3.05) is 19.7 Å². The van der Waals surface area contributed by atoms with Crippen LogP contribution in [0, 0.1) is 0 Å². The van der Waals surface area contributed by atoms with Crippen molar-refractivity contribution in [3.63, 3.8) is 0 Å². The Bertz CT molecular complexity index is 315. The van der Waals surface area contributed by atoms with E-state index >= 15 is 0 Å². The minimum Gasteiger partial charge on any atom is -0.395 e. The summed E-state index contributed by atoms with van der Waals surface area (Å²) in [5.41, 5.74) is 0. The van der Waals surface area contributed by atoms with E-state index in [9.17, 15) is 0 Å². The normalized spacial score (nSPS) is 18.4. The third-order valence-electron chi connectivity index (χ3n) is 4.63. The summed E-state index contributed by atoms with van der Waals surface area (Å²) in [5, 5.41) is 9.02. The molecular weight excluding hydrogens is 284 g/mol. The lowest BCUT2D eigenvalue weighted by molar-refractivity contribution is 0.177. The first-order chi connectivity index (χ1) is 11.4. The molecule has 0 fully saturated rings. The van der Waals surface area contributed by atoms with E-state index in [4.69, 9.17) is 5.11 Å². The van der Waals surface area contributed by atoms with E-state index in [2.05, 4.69) is 29.0 Å². The van der Waals surface area contributed by atoms with Crippen LogP contribution in [0.5, 0.6) is 0 Å². The number of aliphatic hydroxyl groups excluding tert-OH is 1. The van der Waals surface area contributed by atoms with Crippen molar-refractivity contribution in [1.82, 2.24) is 4.90 Å². The van der Waals surface area contributed by atoms with Gasteiger partial charge in [-0.3, -0.25) is 9.89 Å². The standard InChI is InChI=1S/C20H38N2O/c1-2-3-4-5-6-7-8-9-10-11-12-13-14-15-20-21-16-17-22(20)18-19-23/h11-12,16,20,23H,2-10,13-15,17-19H2,1H3/b12-11+. The van der Waals surface area contributed by atoms with E-state index in [1.807, 2.05) is 6.21 Å². The van der Waals surface area contributed by atoms with Crippen LogP contribution in [0.15, 0.2) is 17.1 Å². The van der Waals surface area contributed by atoms with Gasteiger partial charge in [-0.1, -0.05) is 64.0 Å². The maximum atomic E-state index is 9.02. The summed E-state index contributed by atoms with van der Waals surface area (Å²) >= 11 is 0. The van der Waals surface area contributed by atoms with Gasteiger partial charge in [0.05, 0.1) is 6.61 Å². The summed E-state index contributed by atoms with van der Waals surface area (Å²) in [7, 11) is 0. The van der Waals surface area contributed by atoms with E-state index < -0.39 is 0 Å². The number of hydrogen-bond acceptors (Lipinski definition) is 3. The molecule has 0 saturated carbocycles. The smallest absolute Gasteiger partial charge is 0.102 e. The summed E-state index contributed by atoms with van der Waals surface area (Å²) in [5.74, 6) is 0. The Morgan fingerprint density at radius 3 is 2.35 bits per heavy atom. The van der Waals surface area contributed by atoms with Gasteiger partial charge in [0.25, 0.3) is 0 Å². The van der Waals surface area contributed by atoms with Crippen molar-refractivity contribution >= 4 is 6.21 Å². The van der Waals surface area contributed by atoms with Crippen LogP contribution in [-0.4, -0.2) is 42.1 Å². The van der Waals surface area contributed by atoms with E-state index in [0.29, 0.717) is 6.17 Å². The van der Waals surface area contributed by atoms with Crippen LogP contribution in [-0.2, 0) is 0 Å². The van der Waals surface area contributed by atoms with Gasteiger partial charge in [-0.05, 0) is 32.1 Å². The fraction of sp³-hybridized carbons (Fsp3) is 0.850. The summed E-state index contributed by atoms with van der Waals surface area (Å²) in [6.45, 7) is 4.16. The first kappa shape index (κ1) is 20.4. The first-order valence-corrected chi connectivity index (χ1v) is 9.90. The SMILES string of the molecule is CCCCCCCCCC/C=C/CCCC1N=CCN1CCO. The number of allylic oxidation sites excluding steroid dienone is 2. The molecule has 0 bridgehead atoms. The van der Waals surface area contributed by atoms with Crippen LogP contribution < -0.4 is 0 Å². The number of nitrogens with zero attached hydrogens (tertiary/aromatic N) is 2. The molecule has 0 spiro atoms. The fourth-order valence-electron chi connectivity index (χ4n) is 3.17. The molecule has 0 aliphatic carbocycles. The predicted octanol–water partition coefficient (Wildman–Crippen LogP) is 4.95. The molecule has 1 rings (SSSR count). The van der Waals surface area contributed by atoms with Gasteiger partial charge in [0.2, 0.25) is 0 Å². The molecule has 134 valence electrons. The van der Waals surface area contributed by atoms with Crippen molar-refractivity contribution in [3.05, 3.63) is 12.2 Å². The highest BCUT2D eigenvalue weighted by molar-refractivity contribution is 5.62. The molecular formula is C20H38N2O. The Labute approximate surface area is 143 Å². The zero-order chi connectivity index (χ0) is 16.6. The lowest BCUT2D eigenvalue weighted by Gasteiger charge is -2.21. The van der Waals surface area contributed by atoms with Crippen molar-refractivity contribution in [1.29, 1.82) is 0 Å². The Hall–Kier alpha value is -0.670. The first-order valence-electron chi connectivity index (χ1n) is 9.90. The molecule has 1 unspecified atom stereocenters. The Kier molecular flexibility index (Phi) is 13.2. The molecule has 0 aromatic heterocycles. The Morgan fingerprint density at radius 2 is 1.65 bits per heavy atom. The molecule has 1 N–H and O–H groups in total. The van der Waals surface area contributed by atoms with Crippen molar-refractivity contribution < 1.29 is 5.11 Å². The number of β-amino-alcohol motifs (C(OH)–C–C–N with tert-alkyl or cyclic N) is 1. The maximum absolute atomic E-state index is 9.02. The van der Waals surface area contributed by atoms with Crippen LogP contribution in [0.3, 0.4) is 0 Å². The van der Waals surface area contributed by atoms with Gasteiger partial charge in [0.1, 0.15) is 6.17 Å². The maximum Gasteiger partial charge on any atom is 0.102 e. The van der Waals surface area contributed by atoms with Crippen LogP contribution in [0.1, 0.15) is 84.0 Å². The highest BCUT2D eigenvalue weighted by Crippen LogP contribution is 2.14. The highest BCUT2D eigenvalue weighted by Gasteiger charge is 2.19. The van der Waals surface area contributed by atoms with Crippen LogP contribution in [0.25, 0.3) is 0 Å². The van der Waals surface area contributed by atoms with Crippen LogP contribution in [0.2, 0.25) is 0 Å². The number of unbranched alkanes of at least 4 members (excludes halogenated alkanes) is 9. The fourth-order valence-corrected chi connectivity index (χ4v) is 3.17. The minimum atomic E-state index is 0.234. The number of hydrogen-bond donors (Lipinski definition) is 1. The van der Waals surface area contributed by atoms with Gasteiger partial charge in [0, 0.05) is 19.3 Å². The number of aliphatic imine (C=N–C) groups is 1. The molecule has 1 aliphatic rings. The molecule has 0 aromatic carbocycles. The van der Waals surface area contributed by atoms with E-state index in [1.165, 1.54) is 64.2 Å².